The van der Waals surface area contributed by atoms with Gasteiger partial charge in [0.2, 0.25) is 5.91 Å². The molecule has 0 aromatic heterocycles. The number of amides is 1. The second-order valence-corrected chi connectivity index (χ2v) is 8.16. The Balaban J connectivity index is 1.37. The number of anilines is 1. The lowest BCUT2D eigenvalue weighted by Crippen LogP contribution is -2.46. The largest absolute Gasteiger partial charge is 0.372 e. The smallest absolute Gasteiger partial charge is 0.225 e. The third-order valence-electron chi connectivity index (χ3n) is 6.17. The number of carbonyl (C=O) groups is 1. The lowest BCUT2D eigenvalue weighted by molar-refractivity contribution is -0.134. The molecule has 6 nitrogen and oxygen atoms in total. The fourth-order valence-corrected chi connectivity index (χ4v) is 4.48. The number of nitrogens with zero attached hydrogens (tertiary/aromatic N) is 3. The number of aliphatic imine (C=N–C) groups is 1. The Morgan fingerprint density at radius 3 is 2.66 bits per heavy atom. The van der Waals surface area contributed by atoms with E-state index in [1.165, 1.54) is 18.5 Å². The number of benzene rings is 1. The number of nitrogens with one attached hydrogen (secondary N) is 2. The van der Waals surface area contributed by atoms with Gasteiger partial charge < -0.3 is 20.4 Å². The van der Waals surface area contributed by atoms with Crippen LogP contribution < -0.4 is 15.5 Å². The van der Waals surface area contributed by atoms with Crippen molar-refractivity contribution in [1.82, 2.24) is 15.5 Å². The molecule has 1 unspecified atom stereocenters. The van der Waals surface area contributed by atoms with E-state index in [2.05, 4.69) is 62.7 Å². The van der Waals surface area contributed by atoms with Crippen LogP contribution in [0.2, 0.25) is 0 Å². The van der Waals surface area contributed by atoms with Crippen LogP contribution in [0.15, 0.2) is 35.3 Å². The molecule has 1 aromatic carbocycles. The summed E-state index contributed by atoms with van der Waals surface area (Å²) in [6, 6.07) is 10.9. The fraction of sp³-hybridized carbons (Fsp3) is 0.652. The highest BCUT2D eigenvalue weighted by Gasteiger charge is 2.32. The monoisotopic (exact) mass is 399 g/mol. The summed E-state index contributed by atoms with van der Waals surface area (Å²) in [5.41, 5.74) is 1.27. The van der Waals surface area contributed by atoms with Crippen molar-refractivity contribution in [3.8, 4) is 0 Å². The van der Waals surface area contributed by atoms with E-state index in [0.717, 1.165) is 64.4 Å². The van der Waals surface area contributed by atoms with Gasteiger partial charge in [0.1, 0.15) is 0 Å². The Kier molecular flexibility index (Phi) is 8.20. The molecule has 0 radical (unpaired) electrons. The van der Waals surface area contributed by atoms with Gasteiger partial charge in [-0.2, -0.15) is 0 Å². The standard InChI is InChI=1S/C23H37N5O/c1-3-27(21-12-5-4-6-13-21)16-9-15-25-23(24-2)26-20-14-17-28(18-20)22(29)19-10-7-8-11-19/h4-6,12-13,19-20H,3,7-11,14-18H2,1-2H3,(H2,24,25,26). The van der Waals surface area contributed by atoms with Crippen molar-refractivity contribution in [3.05, 3.63) is 30.3 Å². The van der Waals surface area contributed by atoms with Crippen LogP contribution in [-0.4, -0.2) is 62.6 Å². The normalized spacial score (nSPS) is 20.1. The zero-order valence-electron chi connectivity index (χ0n) is 18.1. The van der Waals surface area contributed by atoms with Crippen molar-refractivity contribution in [2.45, 2.75) is 51.5 Å². The molecule has 29 heavy (non-hydrogen) atoms. The summed E-state index contributed by atoms with van der Waals surface area (Å²) in [6.07, 6.45) is 6.62. The molecule has 1 heterocycles. The van der Waals surface area contributed by atoms with Crippen LogP contribution in [0, 0.1) is 5.92 Å². The predicted molar refractivity (Wildman–Crippen MR) is 120 cm³/mol. The number of hydrogen-bond donors (Lipinski definition) is 2. The van der Waals surface area contributed by atoms with Crippen molar-refractivity contribution in [2.24, 2.45) is 10.9 Å². The molecule has 1 aliphatic heterocycles. The summed E-state index contributed by atoms with van der Waals surface area (Å²) >= 11 is 0. The summed E-state index contributed by atoms with van der Waals surface area (Å²) in [4.78, 5) is 21.4. The second kappa shape index (κ2) is 11.1. The third-order valence-corrected chi connectivity index (χ3v) is 6.17. The Morgan fingerprint density at radius 1 is 1.21 bits per heavy atom. The summed E-state index contributed by atoms with van der Waals surface area (Å²) in [6.45, 7) is 6.75. The highest BCUT2D eigenvalue weighted by Crippen LogP contribution is 2.27. The van der Waals surface area contributed by atoms with Gasteiger partial charge in [0.05, 0.1) is 0 Å². The van der Waals surface area contributed by atoms with E-state index in [1.807, 2.05) is 7.05 Å². The molecule has 1 aliphatic carbocycles. The van der Waals surface area contributed by atoms with Gasteiger partial charge in [0.15, 0.2) is 5.96 Å². The molecule has 2 N–H and O–H groups in total. The van der Waals surface area contributed by atoms with Crippen LogP contribution in [-0.2, 0) is 4.79 Å². The predicted octanol–water partition coefficient (Wildman–Crippen LogP) is 2.86. The lowest BCUT2D eigenvalue weighted by Gasteiger charge is -2.24. The maximum absolute atomic E-state index is 12.6. The van der Waals surface area contributed by atoms with E-state index in [-0.39, 0.29) is 5.92 Å². The lowest BCUT2D eigenvalue weighted by atomic mass is 10.1. The first-order chi connectivity index (χ1) is 14.2. The van der Waals surface area contributed by atoms with E-state index in [4.69, 9.17) is 0 Å². The van der Waals surface area contributed by atoms with Crippen molar-refractivity contribution in [2.75, 3.05) is 44.7 Å². The molecule has 1 atom stereocenters. The van der Waals surface area contributed by atoms with Gasteiger partial charge in [-0.25, -0.2) is 0 Å². The van der Waals surface area contributed by atoms with Gasteiger partial charge in [-0.15, -0.1) is 0 Å². The molecule has 6 heteroatoms. The van der Waals surface area contributed by atoms with E-state index >= 15 is 0 Å². The van der Waals surface area contributed by atoms with E-state index in [0.29, 0.717) is 11.9 Å². The average molecular weight is 400 g/mol. The first-order valence-corrected chi connectivity index (χ1v) is 11.3. The van der Waals surface area contributed by atoms with Gasteiger partial charge in [0.25, 0.3) is 0 Å². The minimum Gasteiger partial charge on any atom is -0.372 e. The van der Waals surface area contributed by atoms with Crippen molar-refractivity contribution in [1.29, 1.82) is 0 Å². The average Bonchev–Trinajstić information content (AvgIpc) is 3.45. The van der Waals surface area contributed by atoms with Gasteiger partial charge >= 0.3 is 0 Å². The van der Waals surface area contributed by atoms with E-state index < -0.39 is 0 Å². The summed E-state index contributed by atoms with van der Waals surface area (Å²) in [5, 5.41) is 6.94. The molecule has 1 saturated heterocycles. The Bertz CT molecular complexity index is 656. The summed E-state index contributed by atoms with van der Waals surface area (Å²) < 4.78 is 0. The highest BCUT2D eigenvalue weighted by atomic mass is 16.2. The quantitative estimate of drug-likeness (QED) is 0.401. The molecule has 1 saturated carbocycles. The van der Waals surface area contributed by atoms with Crippen LogP contribution in [0.4, 0.5) is 5.69 Å². The first kappa shape index (κ1) is 21.5. The van der Waals surface area contributed by atoms with Gasteiger partial charge in [0, 0.05) is 57.4 Å². The minimum absolute atomic E-state index is 0.275. The zero-order chi connectivity index (χ0) is 20.5. The first-order valence-electron chi connectivity index (χ1n) is 11.3. The van der Waals surface area contributed by atoms with Crippen LogP contribution in [0.25, 0.3) is 0 Å². The number of rotatable bonds is 8. The zero-order valence-corrected chi connectivity index (χ0v) is 18.1. The SMILES string of the molecule is CCN(CCCNC(=NC)NC1CCN(C(=O)C2CCCC2)C1)c1ccccc1. The minimum atomic E-state index is 0.275. The van der Waals surface area contributed by atoms with Gasteiger partial charge in [-0.05, 0) is 44.7 Å². The van der Waals surface area contributed by atoms with Gasteiger partial charge in [-0.3, -0.25) is 9.79 Å². The maximum atomic E-state index is 12.6. The van der Waals surface area contributed by atoms with Crippen LogP contribution in [0.1, 0.15) is 45.4 Å². The van der Waals surface area contributed by atoms with Crippen LogP contribution >= 0.6 is 0 Å². The molecule has 0 spiro atoms. The summed E-state index contributed by atoms with van der Waals surface area (Å²) in [5.74, 6) is 1.49. The van der Waals surface area contributed by atoms with E-state index in [1.54, 1.807) is 0 Å². The molecule has 2 aliphatic rings. The molecule has 160 valence electrons. The summed E-state index contributed by atoms with van der Waals surface area (Å²) in [7, 11) is 1.81. The number of para-hydroxylation sites is 1. The Hall–Kier alpha value is -2.24. The number of likely N-dealkylation sites (tertiary alicyclic amines) is 1. The van der Waals surface area contributed by atoms with E-state index in [9.17, 15) is 4.79 Å². The fourth-order valence-electron chi connectivity index (χ4n) is 4.48. The topological polar surface area (TPSA) is 60.0 Å². The van der Waals surface area contributed by atoms with Gasteiger partial charge in [-0.1, -0.05) is 31.0 Å². The van der Waals surface area contributed by atoms with Crippen molar-refractivity contribution < 1.29 is 4.79 Å². The second-order valence-electron chi connectivity index (χ2n) is 8.16. The number of guanidine groups is 1. The third kappa shape index (κ3) is 6.12. The number of carbonyl (C=O) groups excluding carboxylic acids is 1. The Labute approximate surface area is 175 Å². The molecule has 0 bridgehead atoms. The molecule has 1 amide bonds. The molecular formula is C23H37N5O. The molecular weight excluding hydrogens is 362 g/mol. The maximum Gasteiger partial charge on any atom is 0.225 e. The van der Waals surface area contributed by atoms with Crippen molar-refractivity contribution in [3.63, 3.8) is 0 Å². The molecule has 3 rings (SSSR count). The molecule has 1 aromatic rings. The van der Waals surface area contributed by atoms with Crippen LogP contribution in [0.5, 0.6) is 0 Å². The molecule has 2 fully saturated rings. The number of hydrogen-bond acceptors (Lipinski definition) is 3. The van der Waals surface area contributed by atoms with Crippen molar-refractivity contribution >= 4 is 17.6 Å². The Morgan fingerprint density at radius 2 is 1.97 bits per heavy atom. The highest BCUT2D eigenvalue weighted by molar-refractivity contribution is 5.81. The van der Waals surface area contributed by atoms with Crippen LogP contribution in [0.3, 0.4) is 0 Å².